The highest BCUT2D eigenvalue weighted by Gasteiger charge is 2.49. The number of nitrogens with one attached hydrogen (secondary N) is 1. The minimum absolute atomic E-state index is 0.0380. The molecule has 0 radical (unpaired) electrons. The van der Waals surface area contributed by atoms with E-state index in [0.29, 0.717) is 39.1 Å². The molecule has 2 fully saturated rings. The summed E-state index contributed by atoms with van der Waals surface area (Å²) < 4.78 is 0. The molecule has 134 valence electrons. The maximum atomic E-state index is 12.5. The van der Waals surface area contributed by atoms with Gasteiger partial charge < -0.3 is 15.1 Å². The van der Waals surface area contributed by atoms with E-state index in [2.05, 4.69) is 5.32 Å². The van der Waals surface area contributed by atoms with E-state index in [-0.39, 0.29) is 29.6 Å². The largest absolute Gasteiger partial charge is 0.352 e. The molecule has 1 aromatic carbocycles. The molecule has 6 heteroatoms. The first-order valence-corrected chi connectivity index (χ1v) is 8.84. The van der Waals surface area contributed by atoms with Gasteiger partial charge in [0.15, 0.2) is 0 Å². The number of nitrogens with zero attached hydrogens (tertiary/aromatic N) is 2. The Morgan fingerprint density at radius 1 is 1.04 bits per heavy atom. The molecule has 25 heavy (non-hydrogen) atoms. The number of hydrogen-bond acceptors (Lipinski definition) is 3. The van der Waals surface area contributed by atoms with Crippen molar-refractivity contribution < 1.29 is 14.4 Å². The Kier molecular flexibility index (Phi) is 5.06. The minimum atomic E-state index is -0.206. The smallest absolute Gasteiger partial charge is 0.226 e. The van der Waals surface area contributed by atoms with Crippen molar-refractivity contribution >= 4 is 17.7 Å². The van der Waals surface area contributed by atoms with Crippen LogP contribution in [-0.4, -0.2) is 53.7 Å². The molecule has 3 amide bonds. The van der Waals surface area contributed by atoms with Crippen molar-refractivity contribution in [2.45, 2.75) is 26.8 Å². The van der Waals surface area contributed by atoms with Crippen LogP contribution >= 0.6 is 0 Å². The minimum Gasteiger partial charge on any atom is -0.352 e. The number of piperazine rings is 1. The zero-order valence-corrected chi connectivity index (χ0v) is 14.8. The van der Waals surface area contributed by atoms with Crippen molar-refractivity contribution in [1.29, 1.82) is 0 Å². The van der Waals surface area contributed by atoms with Crippen molar-refractivity contribution in [1.82, 2.24) is 15.1 Å². The van der Waals surface area contributed by atoms with E-state index in [4.69, 9.17) is 0 Å². The summed E-state index contributed by atoms with van der Waals surface area (Å²) >= 11 is 0. The van der Waals surface area contributed by atoms with Crippen molar-refractivity contribution in [3.05, 3.63) is 35.4 Å². The molecular formula is C19H25N3O3. The van der Waals surface area contributed by atoms with Gasteiger partial charge in [-0.25, -0.2) is 0 Å². The van der Waals surface area contributed by atoms with Gasteiger partial charge in [-0.1, -0.05) is 24.3 Å². The molecule has 1 heterocycles. The lowest BCUT2D eigenvalue weighted by Gasteiger charge is -2.34. The second-order valence-electron chi connectivity index (χ2n) is 6.92. The molecule has 1 saturated heterocycles. The van der Waals surface area contributed by atoms with Crippen LogP contribution in [0.1, 0.15) is 24.5 Å². The topological polar surface area (TPSA) is 69.7 Å². The maximum Gasteiger partial charge on any atom is 0.226 e. The summed E-state index contributed by atoms with van der Waals surface area (Å²) in [5.74, 6) is -0.335. The van der Waals surface area contributed by atoms with E-state index in [1.165, 1.54) is 0 Å². The van der Waals surface area contributed by atoms with Crippen LogP contribution < -0.4 is 5.32 Å². The Morgan fingerprint density at radius 3 is 2.32 bits per heavy atom. The third-order valence-electron chi connectivity index (χ3n) is 5.20. The zero-order chi connectivity index (χ0) is 18.0. The van der Waals surface area contributed by atoms with Crippen LogP contribution in [0.2, 0.25) is 0 Å². The van der Waals surface area contributed by atoms with Gasteiger partial charge in [0.2, 0.25) is 17.7 Å². The van der Waals surface area contributed by atoms with Gasteiger partial charge in [-0.05, 0) is 24.5 Å². The number of carbonyl (C=O) groups is 3. The molecule has 1 aliphatic heterocycles. The number of rotatable bonds is 4. The van der Waals surface area contributed by atoms with Gasteiger partial charge in [0.1, 0.15) is 0 Å². The lowest BCUT2D eigenvalue weighted by atomic mass is 10.1. The molecule has 2 aliphatic rings. The Balaban J connectivity index is 1.46. The van der Waals surface area contributed by atoms with E-state index in [9.17, 15) is 14.4 Å². The van der Waals surface area contributed by atoms with E-state index < -0.39 is 0 Å². The molecule has 2 atom stereocenters. The highest BCUT2D eigenvalue weighted by molar-refractivity contribution is 5.92. The summed E-state index contributed by atoms with van der Waals surface area (Å²) in [6.45, 7) is 6.35. The summed E-state index contributed by atoms with van der Waals surface area (Å²) in [6, 6.07) is 7.95. The Bertz CT molecular complexity index is 680. The van der Waals surface area contributed by atoms with Crippen LogP contribution in [-0.2, 0) is 20.9 Å². The Labute approximate surface area is 148 Å². The zero-order valence-electron chi connectivity index (χ0n) is 14.8. The molecule has 6 nitrogen and oxygen atoms in total. The maximum absolute atomic E-state index is 12.5. The van der Waals surface area contributed by atoms with Crippen molar-refractivity contribution in [2.75, 3.05) is 26.2 Å². The molecule has 0 spiro atoms. The highest BCUT2D eigenvalue weighted by Crippen LogP contribution is 2.40. The third-order valence-corrected chi connectivity index (χ3v) is 5.20. The van der Waals surface area contributed by atoms with Crippen LogP contribution in [0.5, 0.6) is 0 Å². The highest BCUT2D eigenvalue weighted by atomic mass is 16.2. The molecule has 1 aliphatic carbocycles. The van der Waals surface area contributed by atoms with Crippen LogP contribution in [0.15, 0.2) is 24.3 Å². The average Bonchev–Trinajstić information content (AvgIpc) is 3.41. The van der Waals surface area contributed by atoms with Gasteiger partial charge in [0.25, 0.3) is 0 Å². The van der Waals surface area contributed by atoms with Crippen LogP contribution in [0.3, 0.4) is 0 Å². The summed E-state index contributed by atoms with van der Waals surface area (Å²) in [4.78, 5) is 39.7. The van der Waals surface area contributed by atoms with Gasteiger partial charge >= 0.3 is 0 Å². The number of amides is 3. The number of carbonyl (C=O) groups excluding carboxylic acids is 3. The predicted molar refractivity (Wildman–Crippen MR) is 93.5 cm³/mol. The normalized spacial score (nSPS) is 22.5. The van der Waals surface area contributed by atoms with Gasteiger partial charge in [0.05, 0.1) is 11.8 Å². The SMILES string of the molecule is CC(=O)N1CCN(C(=O)C2CC2C(=O)NCc2ccccc2C)CC1. The second kappa shape index (κ2) is 7.25. The van der Waals surface area contributed by atoms with Crippen LogP contribution in [0, 0.1) is 18.8 Å². The van der Waals surface area contributed by atoms with E-state index in [1.807, 2.05) is 31.2 Å². The van der Waals surface area contributed by atoms with E-state index in [1.54, 1.807) is 16.7 Å². The third kappa shape index (κ3) is 4.00. The fourth-order valence-corrected chi connectivity index (χ4v) is 3.36. The van der Waals surface area contributed by atoms with Gasteiger partial charge in [0, 0.05) is 39.6 Å². The first-order valence-electron chi connectivity index (χ1n) is 8.84. The lowest BCUT2D eigenvalue weighted by molar-refractivity contribution is -0.140. The number of benzene rings is 1. The first-order chi connectivity index (χ1) is 12.0. The average molecular weight is 343 g/mol. The van der Waals surface area contributed by atoms with Gasteiger partial charge in [-0.15, -0.1) is 0 Å². The molecular weight excluding hydrogens is 318 g/mol. The molecule has 0 bridgehead atoms. The van der Waals surface area contributed by atoms with Crippen LogP contribution in [0.25, 0.3) is 0 Å². The van der Waals surface area contributed by atoms with Crippen molar-refractivity contribution in [3.63, 3.8) is 0 Å². The monoisotopic (exact) mass is 343 g/mol. The first kappa shape index (κ1) is 17.5. The predicted octanol–water partition coefficient (Wildman–Crippen LogP) is 0.938. The van der Waals surface area contributed by atoms with Gasteiger partial charge in [-0.3, -0.25) is 14.4 Å². The molecule has 2 unspecified atom stereocenters. The number of hydrogen-bond donors (Lipinski definition) is 1. The number of aryl methyl sites for hydroxylation is 1. The summed E-state index contributed by atoms with van der Waals surface area (Å²) in [5.41, 5.74) is 2.24. The molecule has 1 N–H and O–H groups in total. The molecule has 1 aromatic rings. The standard InChI is InChI=1S/C19H25N3O3/c1-13-5-3-4-6-15(13)12-20-18(24)16-11-17(16)19(25)22-9-7-21(8-10-22)14(2)23/h3-6,16-17H,7-12H2,1-2H3,(H,20,24). The molecule has 0 aromatic heterocycles. The summed E-state index contributed by atoms with van der Waals surface area (Å²) in [6.07, 6.45) is 0.630. The van der Waals surface area contributed by atoms with E-state index in [0.717, 1.165) is 11.1 Å². The van der Waals surface area contributed by atoms with Crippen LogP contribution in [0.4, 0.5) is 0 Å². The van der Waals surface area contributed by atoms with Gasteiger partial charge in [-0.2, -0.15) is 0 Å². The molecule has 1 saturated carbocycles. The quantitative estimate of drug-likeness (QED) is 0.884. The Morgan fingerprint density at radius 2 is 1.68 bits per heavy atom. The van der Waals surface area contributed by atoms with Crippen molar-refractivity contribution in [3.8, 4) is 0 Å². The molecule has 3 rings (SSSR count). The van der Waals surface area contributed by atoms with E-state index >= 15 is 0 Å². The second-order valence-corrected chi connectivity index (χ2v) is 6.92. The van der Waals surface area contributed by atoms with Crippen molar-refractivity contribution in [2.24, 2.45) is 11.8 Å². The summed E-state index contributed by atoms with van der Waals surface area (Å²) in [7, 11) is 0. The fourth-order valence-electron chi connectivity index (χ4n) is 3.36. The summed E-state index contributed by atoms with van der Waals surface area (Å²) in [5, 5.41) is 2.95. The Hall–Kier alpha value is -2.37. The lowest BCUT2D eigenvalue weighted by Crippen LogP contribution is -2.50. The fraction of sp³-hybridized carbons (Fsp3) is 0.526.